The predicted molar refractivity (Wildman–Crippen MR) is 98.8 cm³/mol. The number of hydrogen-bond donors (Lipinski definition) is 2. The predicted octanol–water partition coefficient (Wildman–Crippen LogP) is 1.67. The first-order chi connectivity index (χ1) is 12.5. The molecule has 0 aliphatic heterocycles. The van der Waals surface area contributed by atoms with E-state index in [9.17, 15) is 13.2 Å². The SMILES string of the molecule is C#CCNS(=O)(=O)c1cccc(C(=O)NCc2ccccc2COC)c1. The Bertz CT molecular complexity index is 917. The highest BCUT2D eigenvalue weighted by atomic mass is 32.2. The number of hydrogen-bond acceptors (Lipinski definition) is 4. The van der Waals surface area contributed by atoms with Crippen LogP contribution in [-0.2, 0) is 27.9 Å². The largest absolute Gasteiger partial charge is 0.380 e. The van der Waals surface area contributed by atoms with Crippen molar-refractivity contribution in [3.05, 3.63) is 65.2 Å². The standard InChI is InChI=1S/C19H20N2O4S/c1-3-11-21-26(23,24)18-10-6-9-15(12-18)19(22)20-13-16-7-4-5-8-17(16)14-25-2/h1,4-10,12,21H,11,13-14H2,2H3,(H,20,22). The number of amides is 1. The third-order valence-corrected chi connectivity index (χ3v) is 5.03. The van der Waals surface area contributed by atoms with E-state index in [2.05, 4.69) is 16.0 Å². The molecule has 0 fully saturated rings. The van der Waals surface area contributed by atoms with E-state index in [0.29, 0.717) is 13.2 Å². The topological polar surface area (TPSA) is 84.5 Å². The van der Waals surface area contributed by atoms with Crippen LogP contribution in [0.5, 0.6) is 0 Å². The van der Waals surface area contributed by atoms with Gasteiger partial charge in [0.25, 0.3) is 5.91 Å². The first kappa shape index (κ1) is 19.7. The van der Waals surface area contributed by atoms with Gasteiger partial charge in [0.05, 0.1) is 18.0 Å². The molecule has 1 amide bonds. The fourth-order valence-electron chi connectivity index (χ4n) is 2.33. The summed E-state index contributed by atoms with van der Waals surface area (Å²) in [6, 6.07) is 13.4. The van der Waals surface area contributed by atoms with Gasteiger partial charge in [0, 0.05) is 19.2 Å². The second-order valence-electron chi connectivity index (χ2n) is 5.44. The van der Waals surface area contributed by atoms with Gasteiger partial charge in [0.2, 0.25) is 10.0 Å². The molecule has 0 bridgehead atoms. The molecular formula is C19H20N2O4S. The summed E-state index contributed by atoms with van der Waals surface area (Å²) in [6.07, 6.45) is 5.07. The first-order valence-corrected chi connectivity index (χ1v) is 9.33. The van der Waals surface area contributed by atoms with Crippen molar-refractivity contribution in [1.82, 2.24) is 10.0 Å². The van der Waals surface area contributed by atoms with E-state index >= 15 is 0 Å². The molecule has 0 unspecified atom stereocenters. The number of benzene rings is 2. The van der Waals surface area contributed by atoms with Crippen LogP contribution in [0.2, 0.25) is 0 Å². The Morgan fingerprint density at radius 1 is 1.15 bits per heavy atom. The number of rotatable bonds is 8. The van der Waals surface area contributed by atoms with Crippen LogP contribution in [0.1, 0.15) is 21.5 Å². The van der Waals surface area contributed by atoms with Gasteiger partial charge in [0.15, 0.2) is 0 Å². The molecule has 2 aromatic carbocycles. The smallest absolute Gasteiger partial charge is 0.251 e. The van der Waals surface area contributed by atoms with E-state index in [1.807, 2.05) is 24.3 Å². The summed E-state index contributed by atoms with van der Waals surface area (Å²) in [7, 11) is -2.14. The molecule has 0 atom stereocenters. The van der Waals surface area contributed by atoms with Crippen molar-refractivity contribution in [2.24, 2.45) is 0 Å². The fourth-order valence-corrected chi connectivity index (χ4v) is 3.31. The molecule has 136 valence electrons. The Labute approximate surface area is 153 Å². The van der Waals surface area contributed by atoms with E-state index in [-0.39, 0.29) is 22.9 Å². The third kappa shape index (κ3) is 5.17. The van der Waals surface area contributed by atoms with Crippen molar-refractivity contribution in [2.75, 3.05) is 13.7 Å². The van der Waals surface area contributed by atoms with E-state index in [1.165, 1.54) is 18.2 Å². The molecule has 0 aromatic heterocycles. The summed E-state index contributed by atoms with van der Waals surface area (Å²) >= 11 is 0. The van der Waals surface area contributed by atoms with Gasteiger partial charge in [-0.3, -0.25) is 4.79 Å². The highest BCUT2D eigenvalue weighted by molar-refractivity contribution is 7.89. The summed E-state index contributed by atoms with van der Waals surface area (Å²) in [5.41, 5.74) is 2.16. The Morgan fingerprint density at radius 2 is 1.88 bits per heavy atom. The first-order valence-electron chi connectivity index (χ1n) is 7.85. The molecular weight excluding hydrogens is 352 g/mol. The van der Waals surface area contributed by atoms with Crippen LogP contribution < -0.4 is 10.0 Å². The lowest BCUT2D eigenvalue weighted by molar-refractivity contribution is 0.0950. The zero-order valence-corrected chi connectivity index (χ0v) is 15.2. The van der Waals surface area contributed by atoms with Crippen molar-refractivity contribution in [1.29, 1.82) is 0 Å². The van der Waals surface area contributed by atoms with Gasteiger partial charge in [0.1, 0.15) is 0 Å². The summed E-state index contributed by atoms with van der Waals surface area (Å²) in [6.45, 7) is 0.639. The van der Waals surface area contributed by atoms with Crippen LogP contribution in [0.4, 0.5) is 0 Å². The average Bonchev–Trinajstić information content (AvgIpc) is 2.66. The zero-order valence-electron chi connectivity index (χ0n) is 14.4. The second kappa shape index (κ2) is 9.15. The van der Waals surface area contributed by atoms with Gasteiger partial charge < -0.3 is 10.1 Å². The summed E-state index contributed by atoms with van der Waals surface area (Å²) in [5.74, 6) is 1.84. The van der Waals surface area contributed by atoms with Gasteiger partial charge in [-0.05, 0) is 29.3 Å². The quantitative estimate of drug-likeness (QED) is 0.691. The highest BCUT2D eigenvalue weighted by Gasteiger charge is 2.15. The van der Waals surface area contributed by atoms with Crippen molar-refractivity contribution in [2.45, 2.75) is 18.0 Å². The lowest BCUT2D eigenvalue weighted by Gasteiger charge is -2.11. The summed E-state index contributed by atoms with van der Waals surface area (Å²) in [4.78, 5) is 12.4. The molecule has 26 heavy (non-hydrogen) atoms. The lowest BCUT2D eigenvalue weighted by atomic mass is 10.1. The van der Waals surface area contributed by atoms with Crippen molar-refractivity contribution in [3.8, 4) is 12.3 Å². The molecule has 0 spiro atoms. The minimum absolute atomic E-state index is 0.0137. The summed E-state index contributed by atoms with van der Waals surface area (Å²) in [5, 5.41) is 2.79. The highest BCUT2D eigenvalue weighted by Crippen LogP contribution is 2.13. The fraction of sp³-hybridized carbons (Fsp3) is 0.211. The number of carbonyl (C=O) groups excluding carboxylic acids is 1. The van der Waals surface area contributed by atoms with Crippen molar-refractivity contribution in [3.63, 3.8) is 0 Å². The maximum Gasteiger partial charge on any atom is 0.251 e. The Morgan fingerprint density at radius 3 is 2.58 bits per heavy atom. The number of terminal acetylenes is 1. The van der Waals surface area contributed by atoms with E-state index in [1.54, 1.807) is 13.2 Å². The Hall–Kier alpha value is -2.66. The zero-order chi connectivity index (χ0) is 19.0. The van der Waals surface area contributed by atoms with Crippen LogP contribution in [0.25, 0.3) is 0 Å². The lowest BCUT2D eigenvalue weighted by Crippen LogP contribution is -2.26. The number of methoxy groups -OCH3 is 1. The minimum Gasteiger partial charge on any atom is -0.380 e. The van der Waals surface area contributed by atoms with Crippen LogP contribution in [0.15, 0.2) is 53.4 Å². The summed E-state index contributed by atoms with van der Waals surface area (Å²) < 4.78 is 31.6. The van der Waals surface area contributed by atoms with Gasteiger partial charge in [-0.25, -0.2) is 8.42 Å². The van der Waals surface area contributed by atoms with Crippen molar-refractivity contribution < 1.29 is 17.9 Å². The number of sulfonamides is 1. The van der Waals surface area contributed by atoms with Crippen molar-refractivity contribution >= 4 is 15.9 Å². The van der Waals surface area contributed by atoms with Gasteiger partial charge in [-0.1, -0.05) is 36.3 Å². The van der Waals surface area contributed by atoms with E-state index < -0.39 is 10.0 Å². The van der Waals surface area contributed by atoms with Gasteiger partial charge in [-0.15, -0.1) is 6.42 Å². The third-order valence-electron chi connectivity index (χ3n) is 3.63. The Balaban J connectivity index is 2.12. The van der Waals surface area contributed by atoms with E-state index in [4.69, 9.17) is 11.2 Å². The molecule has 0 saturated carbocycles. The molecule has 6 nitrogen and oxygen atoms in total. The molecule has 7 heteroatoms. The maximum atomic E-state index is 12.4. The van der Waals surface area contributed by atoms with Gasteiger partial charge in [-0.2, -0.15) is 4.72 Å². The van der Waals surface area contributed by atoms with Crippen LogP contribution in [0, 0.1) is 12.3 Å². The molecule has 0 heterocycles. The number of carbonyl (C=O) groups is 1. The second-order valence-corrected chi connectivity index (χ2v) is 7.21. The monoisotopic (exact) mass is 372 g/mol. The molecule has 2 N–H and O–H groups in total. The van der Waals surface area contributed by atoms with Crippen LogP contribution in [-0.4, -0.2) is 28.0 Å². The Kier molecular flexibility index (Phi) is 6.92. The van der Waals surface area contributed by atoms with E-state index in [0.717, 1.165) is 11.1 Å². The average molecular weight is 372 g/mol. The molecule has 0 aliphatic carbocycles. The number of nitrogens with one attached hydrogen (secondary N) is 2. The van der Waals surface area contributed by atoms with Crippen LogP contribution >= 0.6 is 0 Å². The molecule has 0 aliphatic rings. The molecule has 2 rings (SSSR count). The van der Waals surface area contributed by atoms with Gasteiger partial charge >= 0.3 is 0 Å². The van der Waals surface area contributed by atoms with Crippen LogP contribution in [0.3, 0.4) is 0 Å². The molecule has 0 saturated heterocycles. The molecule has 2 aromatic rings. The number of ether oxygens (including phenoxy) is 1. The maximum absolute atomic E-state index is 12.4. The molecule has 0 radical (unpaired) electrons. The minimum atomic E-state index is -3.75. The normalized spacial score (nSPS) is 10.9.